The van der Waals surface area contributed by atoms with Gasteiger partial charge in [-0.05, 0) is 12.1 Å². The number of H-pyrrole nitrogens is 1. The molecule has 0 radical (unpaired) electrons. The summed E-state index contributed by atoms with van der Waals surface area (Å²) in [4.78, 5) is 7.14. The summed E-state index contributed by atoms with van der Waals surface area (Å²) in [5, 5.41) is 1.10. The topological polar surface area (TPSA) is 41.8 Å². The SMILES string of the molecule is Cl.c1ccc2oc(-c3ncc[nH]3)cc2c1. The summed E-state index contributed by atoms with van der Waals surface area (Å²) in [6, 6.07) is 9.89. The first-order valence-corrected chi connectivity index (χ1v) is 4.42. The average molecular weight is 221 g/mol. The van der Waals surface area contributed by atoms with Crippen molar-refractivity contribution in [2.45, 2.75) is 0 Å². The largest absolute Gasteiger partial charge is 0.453 e. The number of benzene rings is 1. The quantitative estimate of drug-likeness (QED) is 0.684. The van der Waals surface area contributed by atoms with Crippen LogP contribution in [0.15, 0.2) is 47.1 Å². The number of nitrogens with one attached hydrogen (secondary N) is 1. The average Bonchev–Trinajstić information content (AvgIpc) is 2.86. The van der Waals surface area contributed by atoms with Crippen LogP contribution in [0.1, 0.15) is 0 Å². The molecule has 0 atom stereocenters. The van der Waals surface area contributed by atoms with Gasteiger partial charge in [-0.2, -0.15) is 0 Å². The fraction of sp³-hybridized carbons (Fsp3) is 0. The molecular weight excluding hydrogens is 212 g/mol. The molecule has 2 aromatic heterocycles. The van der Waals surface area contributed by atoms with Gasteiger partial charge in [-0.3, -0.25) is 0 Å². The van der Waals surface area contributed by atoms with E-state index in [0.717, 1.165) is 22.6 Å². The smallest absolute Gasteiger partial charge is 0.173 e. The molecule has 4 heteroatoms. The zero-order valence-corrected chi connectivity index (χ0v) is 8.62. The Morgan fingerprint density at radius 3 is 2.80 bits per heavy atom. The highest BCUT2D eigenvalue weighted by molar-refractivity contribution is 5.85. The van der Waals surface area contributed by atoms with Gasteiger partial charge in [0.2, 0.25) is 0 Å². The van der Waals surface area contributed by atoms with Gasteiger partial charge < -0.3 is 9.40 Å². The van der Waals surface area contributed by atoms with Gasteiger partial charge in [0.25, 0.3) is 0 Å². The molecule has 0 aliphatic heterocycles. The zero-order valence-electron chi connectivity index (χ0n) is 7.81. The predicted molar refractivity (Wildman–Crippen MR) is 61.0 cm³/mol. The van der Waals surface area contributed by atoms with E-state index in [2.05, 4.69) is 9.97 Å². The monoisotopic (exact) mass is 220 g/mol. The number of imidazole rings is 1. The van der Waals surface area contributed by atoms with Crippen molar-refractivity contribution in [1.82, 2.24) is 9.97 Å². The lowest BCUT2D eigenvalue weighted by Crippen LogP contribution is -1.73. The summed E-state index contributed by atoms with van der Waals surface area (Å²) in [7, 11) is 0. The molecule has 76 valence electrons. The molecule has 0 aliphatic rings. The van der Waals surface area contributed by atoms with Crippen LogP contribution in [0, 0.1) is 0 Å². The number of furan rings is 1. The highest BCUT2D eigenvalue weighted by Gasteiger charge is 2.06. The number of hydrogen-bond acceptors (Lipinski definition) is 2. The molecule has 0 spiro atoms. The van der Waals surface area contributed by atoms with Crippen LogP contribution in [0.4, 0.5) is 0 Å². The predicted octanol–water partition coefficient (Wildman–Crippen LogP) is 3.24. The van der Waals surface area contributed by atoms with Crippen molar-refractivity contribution in [1.29, 1.82) is 0 Å². The van der Waals surface area contributed by atoms with Crippen LogP contribution in [0.25, 0.3) is 22.6 Å². The van der Waals surface area contributed by atoms with E-state index < -0.39 is 0 Å². The lowest BCUT2D eigenvalue weighted by molar-refractivity contribution is 0.626. The molecule has 0 unspecified atom stereocenters. The number of aromatic nitrogens is 2. The van der Waals surface area contributed by atoms with Crippen LogP contribution in [0.5, 0.6) is 0 Å². The van der Waals surface area contributed by atoms with E-state index in [0.29, 0.717) is 0 Å². The van der Waals surface area contributed by atoms with Gasteiger partial charge in [-0.1, -0.05) is 18.2 Å². The van der Waals surface area contributed by atoms with Crippen molar-refractivity contribution in [3.8, 4) is 11.6 Å². The Morgan fingerprint density at radius 1 is 1.20 bits per heavy atom. The number of aromatic amines is 1. The van der Waals surface area contributed by atoms with Gasteiger partial charge in [0.15, 0.2) is 11.6 Å². The minimum Gasteiger partial charge on any atom is -0.453 e. The maximum absolute atomic E-state index is 5.62. The fourth-order valence-corrected chi connectivity index (χ4v) is 1.50. The van der Waals surface area contributed by atoms with E-state index in [-0.39, 0.29) is 12.4 Å². The Balaban J connectivity index is 0.000000853. The van der Waals surface area contributed by atoms with Crippen LogP contribution < -0.4 is 0 Å². The van der Waals surface area contributed by atoms with Crippen LogP contribution in [0.3, 0.4) is 0 Å². The summed E-state index contributed by atoms with van der Waals surface area (Å²) in [6.07, 6.45) is 3.49. The van der Waals surface area contributed by atoms with Crippen LogP contribution in [-0.2, 0) is 0 Å². The molecule has 3 aromatic rings. The summed E-state index contributed by atoms with van der Waals surface area (Å²) < 4.78 is 5.62. The van der Waals surface area contributed by atoms with Crippen molar-refractivity contribution < 1.29 is 4.42 Å². The van der Waals surface area contributed by atoms with E-state index >= 15 is 0 Å². The maximum Gasteiger partial charge on any atom is 0.173 e. The van der Waals surface area contributed by atoms with E-state index in [1.165, 1.54) is 0 Å². The summed E-state index contributed by atoms with van der Waals surface area (Å²) in [6.45, 7) is 0. The van der Waals surface area contributed by atoms with E-state index in [9.17, 15) is 0 Å². The summed E-state index contributed by atoms with van der Waals surface area (Å²) >= 11 is 0. The third-order valence-corrected chi connectivity index (χ3v) is 2.16. The molecule has 0 amide bonds. The molecule has 0 bridgehead atoms. The van der Waals surface area contributed by atoms with Gasteiger partial charge in [0.1, 0.15) is 5.58 Å². The first-order chi connectivity index (χ1) is 6.93. The maximum atomic E-state index is 5.62. The zero-order chi connectivity index (χ0) is 9.38. The number of halogens is 1. The van der Waals surface area contributed by atoms with E-state index in [1.807, 2.05) is 30.3 Å². The van der Waals surface area contributed by atoms with Crippen molar-refractivity contribution >= 4 is 23.4 Å². The van der Waals surface area contributed by atoms with Gasteiger partial charge in [-0.15, -0.1) is 12.4 Å². The van der Waals surface area contributed by atoms with Crippen molar-refractivity contribution in [2.24, 2.45) is 0 Å². The van der Waals surface area contributed by atoms with Crippen molar-refractivity contribution in [3.05, 3.63) is 42.7 Å². The Bertz CT molecular complexity index is 524. The number of nitrogens with zero attached hydrogens (tertiary/aromatic N) is 1. The highest BCUT2D eigenvalue weighted by Crippen LogP contribution is 2.24. The van der Waals surface area contributed by atoms with Gasteiger partial charge in [0.05, 0.1) is 0 Å². The molecule has 0 aliphatic carbocycles. The van der Waals surface area contributed by atoms with Crippen molar-refractivity contribution in [2.75, 3.05) is 0 Å². The lowest BCUT2D eigenvalue weighted by atomic mass is 10.2. The lowest BCUT2D eigenvalue weighted by Gasteiger charge is -1.86. The molecule has 3 rings (SSSR count). The minimum atomic E-state index is 0. The van der Waals surface area contributed by atoms with E-state index in [1.54, 1.807) is 12.4 Å². The molecular formula is C11H9ClN2O. The molecule has 2 heterocycles. The van der Waals surface area contributed by atoms with Gasteiger partial charge in [-0.25, -0.2) is 4.98 Å². The molecule has 0 fully saturated rings. The van der Waals surface area contributed by atoms with Gasteiger partial charge >= 0.3 is 0 Å². The number of hydrogen-bond donors (Lipinski definition) is 1. The van der Waals surface area contributed by atoms with Crippen LogP contribution in [0.2, 0.25) is 0 Å². The third kappa shape index (κ3) is 1.62. The number of rotatable bonds is 1. The first-order valence-electron chi connectivity index (χ1n) is 4.42. The summed E-state index contributed by atoms with van der Waals surface area (Å²) in [5.41, 5.74) is 0.888. The van der Waals surface area contributed by atoms with Gasteiger partial charge in [0, 0.05) is 17.8 Å². The molecule has 0 saturated heterocycles. The minimum absolute atomic E-state index is 0. The first kappa shape index (κ1) is 9.80. The Hall–Kier alpha value is -1.74. The van der Waals surface area contributed by atoms with E-state index in [4.69, 9.17) is 4.42 Å². The standard InChI is InChI=1S/C11H8N2O.ClH/c1-2-4-9-8(3-1)7-10(14-9)11-12-5-6-13-11;/h1-7H,(H,12,13);1H. The Kier molecular flexibility index (Phi) is 2.47. The van der Waals surface area contributed by atoms with Crippen LogP contribution in [-0.4, -0.2) is 9.97 Å². The molecule has 3 nitrogen and oxygen atoms in total. The Morgan fingerprint density at radius 2 is 2.07 bits per heavy atom. The molecule has 0 saturated carbocycles. The second kappa shape index (κ2) is 3.79. The second-order valence-electron chi connectivity index (χ2n) is 3.09. The number of para-hydroxylation sites is 1. The van der Waals surface area contributed by atoms with Crippen molar-refractivity contribution in [3.63, 3.8) is 0 Å². The Labute approximate surface area is 92.5 Å². The molecule has 1 N–H and O–H groups in total. The molecule has 15 heavy (non-hydrogen) atoms. The normalized spacial score (nSPS) is 10.1. The van der Waals surface area contributed by atoms with Crippen LogP contribution >= 0.6 is 12.4 Å². The fourth-order valence-electron chi connectivity index (χ4n) is 1.50. The highest BCUT2D eigenvalue weighted by atomic mass is 35.5. The third-order valence-electron chi connectivity index (χ3n) is 2.16. The second-order valence-corrected chi connectivity index (χ2v) is 3.09. The number of fused-ring (bicyclic) bond motifs is 1. The molecule has 1 aromatic carbocycles. The summed E-state index contributed by atoms with van der Waals surface area (Å²) in [5.74, 6) is 1.54.